The van der Waals surface area contributed by atoms with Gasteiger partial charge in [-0.05, 0) is 25.6 Å². The van der Waals surface area contributed by atoms with E-state index in [-0.39, 0.29) is 0 Å². The van der Waals surface area contributed by atoms with Gasteiger partial charge in [0.05, 0.1) is 0 Å². The molecule has 1 heterocycles. The first-order valence-electron chi connectivity index (χ1n) is 8.30. The van der Waals surface area contributed by atoms with E-state index in [2.05, 4.69) is 73.4 Å². The fourth-order valence-electron chi connectivity index (χ4n) is 3.26. The van der Waals surface area contributed by atoms with Crippen molar-refractivity contribution in [2.24, 2.45) is 5.92 Å². The van der Waals surface area contributed by atoms with Gasteiger partial charge in [0, 0.05) is 38.3 Å². The molecule has 3 atom stereocenters. The third-order valence-electron chi connectivity index (χ3n) is 5.01. The van der Waals surface area contributed by atoms with Crippen molar-refractivity contribution < 1.29 is 0 Å². The van der Waals surface area contributed by atoms with Crippen LogP contribution in [0.25, 0.3) is 0 Å². The summed E-state index contributed by atoms with van der Waals surface area (Å²) >= 11 is 0. The molecule has 2 rings (SSSR count). The molecular formula is C18H31N3. The van der Waals surface area contributed by atoms with Crippen molar-refractivity contribution in [3.63, 3.8) is 0 Å². The van der Waals surface area contributed by atoms with E-state index in [1.54, 1.807) is 0 Å². The lowest BCUT2D eigenvalue weighted by molar-refractivity contribution is 0.0744. The van der Waals surface area contributed by atoms with E-state index < -0.39 is 0 Å². The normalized spacial score (nSPS) is 23.9. The first kappa shape index (κ1) is 16.5. The minimum Gasteiger partial charge on any atom is -0.315 e. The first-order valence-corrected chi connectivity index (χ1v) is 8.30. The highest BCUT2D eigenvalue weighted by molar-refractivity contribution is 5.20. The Hall–Kier alpha value is -0.900. The SMILES string of the molecule is CCC(C)C(CN1CCN(C)CC1c1ccccc1)NC. The van der Waals surface area contributed by atoms with Crippen LogP contribution in [0.4, 0.5) is 0 Å². The zero-order valence-corrected chi connectivity index (χ0v) is 14.0. The second kappa shape index (κ2) is 7.92. The summed E-state index contributed by atoms with van der Waals surface area (Å²) in [6, 6.07) is 12.1. The zero-order valence-electron chi connectivity index (χ0n) is 14.0. The summed E-state index contributed by atoms with van der Waals surface area (Å²) in [6.07, 6.45) is 1.23. The Morgan fingerprint density at radius 2 is 1.95 bits per heavy atom. The molecule has 0 saturated carbocycles. The first-order chi connectivity index (χ1) is 10.2. The van der Waals surface area contributed by atoms with Gasteiger partial charge in [0.15, 0.2) is 0 Å². The van der Waals surface area contributed by atoms with Crippen molar-refractivity contribution in [2.45, 2.75) is 32.4 Å². The molecule has 3 nitrogen and oxygen atoms in total. The van der Waals surface area contributed by atoms with E-state index in [9.17, 15) is 0 Å². The zero-order chi connectivity index (χ0) is 15.2. The van der Waals surface area contributed by atoms with Crippen molar-refractivity contribution in [1.29, 1.82) is 0 Å². The van der Waals surface area contributed by atoms with E-state index in [1.165, 1.54) is 18.5 Å². The van der Waals surface area contributed by atoms with Crippen LogP contribution in [0.15, 0.2) is 30.3 Å². The van der Waals surface area contributed by atoms with E-state index in [4.69, 9.17) is 0 Å². The standard InChI is InChI=1S/C18H31N3/c1-5-15(2)17(19-3)13-21-12-11-20(4)14-18(21)16-9-7-6-8-10-16/h6-10,15,17-19H,5,11-14H2,1-4H3. The second-order valence-electron chi connectivity index (χ2n) is 6.46. The molecule has 1 aromatic carbocycles. The summed E-state index contributed by atoms with van der Waals surface area (Å²) < 4.78 is 0. The van der Waals surface area contributed by atoms with Gasteiger partial charge in [-0.15, -0.1) is 0 Å². The minimum atomic E-state index is 0.518. The van der Waals surface area contributed by atoms with Crippen LogP contribution in [-0.2, 0) is 0 Å². The van der Waals surface area contributed by atoms with Gasteiger partial charge < -0.3 is 10.2 Å². The summed E-state index contributed by atoms with van der Waals surface area (Å²) in [5.41, 5.74) is 1.45. The summed E-state index contributed by atoms with van der Waals surface area (Å²) in [4.78, 5) is 5.12. The summed E-state index contributed by atoms with van der Waals surface area (Å²) in [7, 11) is 4.34. The van der Waals surface area contributed by atoms with Crippen LogP contribution in [0.1, 0.15) is 31.9 Å². The smallest absolute Gasteiger partial charge is 0.0476 e. The molecule has 21 heavy (non-hydrogen) atoms. The minimum absolute atomic E-state index is 0.518. The lowest BCUT2D eigenvalue weighted by atomic mass is 9.96. The predicted octanol–water partition coefficient (Wildman–Crippen LogP) is 2.61. The van der Waals surface area contributed by atoms with Gasteiger partial charge in [-0.1, -0.05) is 50.6 Å². The monoisotopic (exact) mass is 289 g/mol. The molecule has 1 aromatic rings. The third kappa shape index (κ3) is 4.29. The van der Waals surface area contributed by atoms with Crippen LogP contribution in [-0.4, -0.2) is 56.1 Å². The third-order valence-corrected chi connectivity index (χ3v) is 5.01. The van der Waals surface area contributed by atoms with Crippen LogP contribution in [0, 0.1) is 5.92 Å². The lowest BCUT2D eigenvalue weighted by Crippen LogP contribution is -2.52. The van der Waals surface area contributed by atoms with Crippen LogP contribution >= 0.6 is 0 Å². The predicted molar refractivity (Wildman–Crippen MR) is 90.6 cm³/mol. The molecule has 3 unspecified atom stereocenters. The number of piperazine rings is 1. The molecule has 1 N–H and O–H groups in total. The Kier molecular flexibility index (Phi) is 6.22. The van der Waals surface area contributed by atoms with Gasteiger partial charge >= 0.3 is 0 Å². The molecule has 0 amide bonds. The van der Waals surface area contributed by atoms with Gasteiger partial charge in [-0.25, -0.2) is 0 Å². The van der Waals surface area contributed by atoms with Crippen LogP contribution < -0.4 is 5.32 Å². The number of hydrogen-bond acceptors (Lipinski definition) is 3. The molecule has 0 bridgehead atoms. The molecule has 0 aliphatic carbocycles. The molecule has 0 aromatic heterocycles. The molecule has 1 aliphatic rings. The highest BCUT2D eigenvalue weighted by Gasteiger charge is 2.29. The fraction of sp³-hybridized carbons (Fsp3) is 0.667. The molecular weight excluding hydrogens is 258 g/mol. The summed E-state index contributed by atoms with van der Waals surface area (Å²) in [5, 5.41) is 3.53. The number of benzene rings is 1. The number of nitrogens with zero attached hydrogens (tertiary/aromatic N) is 2. The Balaban J connectivity index is 2.11. The molecule has 0 radical (unpaired) electrons. The average Bonchev–Trinajstić information content (AvgIpc) is 2.53. The van der Waals surface area contributed by atoms with Gasteiger partial charge in [-0.3, -0.25) is 4.90 Å². The van der Waals surface area contributed by atoms with Crippen molar-refractivity contribution in [2.75, 3.05) is 40.3 Å². The molecule has 1 aliphatic heterocycles. The maximum absolute atomic E-state index is 3.53. The number of hydrogen-bond donors (Lipinski definition) is 1. The topological polar surface area (TPSA) is 18.5 Å². The van der Waals surface area contributed by atoms with Gasteiger partial charge in [0.25, 0.3) is 0 Å². The second-order valence-corrected chi connectivity index (χ2v) is 6.46. The van der Waals surface area contributed by atoms with E-state index >= 15 is 0 Å². The number of nitrogens with one attached hydrogen (secondary N) is 1. The maximum atomic E-state index is 3.53. The largest absolute Gasteiger partial charge is 0.315 e. The Morgan fingerprint density at radius 3 is 2.57 bits per heavy atom. The molecule has 1 fully saturated rings. The molecule has 1 saturated heterocycles. The summed E-state index contributed by atoms with van der Waals surface area (Å²) in [5.74, 6) is 0.714. The van der Waals surface area contributed by atoms with E-state index in [0.29, 0.717) is 18.0 Å². The fourth-order valence-corrected chi connectivity index (χ4v) is 3.26. The van der Waals surface area contributed by atoms with Crippen LogP contribution in [0.3, 0.4) is 0 Å². The highest BCUT2D eigenvalue weighted by Crippen LogP contribution is 2.25. The van der Waals surface area contributed by atoms with Crippen molar-refractivity contribution in [1.82, 2.24) is 15.1 Å². The Morgan fingerprint density at radius 1 is 1.24 bits per heavy atom. The quantitative estimate of drug-likeness (QED) is 0.868. The highest BCUT2D eigenvalue weighted by atomic mass is 15.3. The van der Waals surface area contributed by atoms with E-state index in [0.717, 1.165) is 19.6 Å². The van der Waals surface area contributed by atoms with Crippen molar-refractivity contribution in [3.05, 3.63) is 35.9 Å². The van der Waals surface area contributed by atoms with Crippen LogP contribution in [0.5, 0.6) is 0 Å². The lowest BCUT2D eigenvalue weighted by Gasteiger charge is -2.42. The van der Waals surface area contributed by atoms with E-state index in [1.807, 2.05) is 0 Å². The number of likely N-dealkylation sites (N-methyl/N-ethyl adjacent to an activating group) is 2. The van der Waals surface area contributed by atoms with Crippen molar-refractivity contribution in [3.8, 4) is 0 Å². The number of rotatable bonds is 6. The maximum Gasteiger partial charge on any atom is 0.0476 e. The summed E-state index contributed by atoms with van der Waals surface area (Å²) in [6.45, 7) is 9.23. The Bertz CT molecular complexity index is 406. The van der Waals surface area contributed by atoms with Gasteiger partial charge in [0.2, 0.25) is 0 Å². The van der Waals surface area contributed by atoms with Crippen LogP contribution in [0.2, 0.25) is 0 Å². The molecule has 3 heteroatoms. The Labute approximate surface area is 130 Å². The molecule has 118 valence electrons. The average molecular weight is 289 g/mol. The molecule has 0 spiro atoms. The van der Waals surface area contributed by atoms with Gasteiger partial charge in [-0.2, -0.15) is 0 Å². The van der Waals surface area contributed by atoms with Crippen molar-refractivity contribution >= 4 is 0 Å². The van der Waals surface area contributed by atoms with Gasteiger partial charge in [0.1, 0.15) is 0 Å².